The van der Waals surface area contributed by atoms with Crippen molar-refractivity contribution in [3.8, 4) is 22.8 Å². The summed E-state index contributed by atoms with van der Waals surface area (Å²) in [7, 11) is 1.72. The molecule has 2 aliphatic rings. The van der Waals surface area contributed by atoms with Gasteiger partial charge in [0.2, 0.25) is 5.95 Å². The molecule has 48 heavy (non-hydrogen) atoms. The molecule has 0 amide bonds. The van der Waals surface area contributed by atoms with Crippen LogP contribution in [0.25, 0.3) is 11.1 Å². The van der Waals surface area contributed by atoms with E-state index in [4.69, 9.17) is 35.6 Å². The maximum absolute atomic E-state index is 6.46. The molecular formula is C33H45ClN10O4. The first-order valence-corrected chi connectivity index (χ1v) is 17.0. The predicted octanol–water partition coefficient (Wildman–Crippen LogP) is 5.20. The fourth-order valence-corrected chi connectivity index (χ4v) is 6.26. The Morgan fingerprint density at radius 3 is 2.52 bits per heavy atom. The summed E-state index contributed by atoms with van der Waals surface area (Å²) in [5, 5.41) is 20.0. The van der Waals surface area contributed by atoms with Crippen LogP contribution in [0.1, 0.15) is 58.9 Å². The monoisotopic (exact) mass is 680 g/mol. The fraction of sp³-hybridized carbons (Fsp3) is 0.576. The number of morpholine rings is 1. The zero-order chi connectivity index (χ0) is 33.5. The average Bonchev–Trinajstić information content (AvgIpc) is 3.76. The highest BCUT2D eigenvalue weighted by Gasteiger charge is 2.29. The number of nitrogens with zero attached hydrogens (tertiary/aromatic N) is 9. The molecule has 1 N–H and O–H groups in total. The maximum Gasteiger partial charge on any atom is 0.256 e. The molecule has 4 heterocycles. The van der Waals surface area contributed by atoms with Gasteiger partial charge in [-0.05, 0) is 74.6 Å². The summed E-state index contributed by atoms with van der Waals surface area (Å²) in [5.41, 5.74) is 2.13. The first-order chi connectivity index (χ1) is 23.3. The molecule has 1 aliphatic carbocycles. The third-order valence-corrected chi connectivity index (χ3v) is 9.43. The Bertz CT molecular complexity index is 1590. The first-order valence-electron chi connectivity index (χ1n) is 16.6. The van der Waals surface area contributed by atoms with Gasteiger partial charge in [-0.3, -0.25) is 9.58 Å². The molecule has 1 aliphatic heterocycles. The number of hydrogen-bond acceptors (Lipinski definition) is 12. The molecular weight excluding hydrogens is 636 g/mol. The summed E-state index contributed by atoms with van der Waals surface area (Å²) in [6, 6.07) is 6.52. The van der Waals surface area contributed by atoms with Gasteiger partial charge in [-0.1, -0.05) is 17.7 Å². The number of nitrogens with one attached hydrogen (secondary N) is 1. The summed E-state index contributed by atoms with van der Waals surface area (Å²) in [6.07, 6.45) is 12.0. The number of rotatable bonds is 14. The molecule has 1 saturated heterocycles. The van der Waals surface area contributed by atoms with E-state index >= 15 is 0 Å². The normalized spacial score (nSPS) is 19.6. The van der Waals surface area contributed by atoms with Crippen LogP contribution in [0.15, 0.2) is 43.1 Å². The quantitative estimate of drug-likeness (QED) is 0.187. The van der Waals surface area contributed by atoms with Crippen LogP contribution >= 0.6 is 11.6 Å². The number of aromatic nitrogens is 8. The number of methoxy groups -OCH3 is 1. The summed E-state index contributed by atoms with van der Waals surface area (Å²) in [6.45, 7) is 10.7. The highest BCUT2D eigenvalue weighted by Crippen LogP contribution is 2.35. The number of hydrogen-bond donors (Lipinski definition) is 1. The van der Waals surface area contributed by atoms with Crippen molar-refractivity contribution in [3.63, 3.8) is 0 Å². The van der Waals surface area contributed by atoms with Crippen molar-refractivity contribution in [3.05, 3.63) is 48.1 Å². The van der Waals surface area contributed by atoms with Gasteiger partial charge in [0.25, 0.3) is 5.88 Å². The molecule has 6 rings (SSSR count). The molecule has 1 aromatic carbocycles. The van der Waals surface area contributed by atoms with Crippen LogP contribution in [0.3, 0.4) is 0 Å². The molecule has 0 spiro atoms. The van der Waals surface area contributed by atoms with E-state index in [9.17, 15) is 0 Å². The third kappa shape index (κ3) is 8.78. The largest absolute Gasteiger partial charge is 0.487 e. The minimum atomic E-state index is -0.299. The Labute approximate surface area is 286 Å². The van der Waals surface area contributed by atoms with Crippen molar-refractivity contribution in [2.24, 2.45) is 0 Å². The Hall–Kier alpha value is -3.85. The lowest BCUT2D eigenvalue weighted by Gasteiger charge is -2.38. The Kier molecular flexibility index (Phi) is 11.0. The molecule has 4 aromatic rings. The van der Waals surface area contributed by atoms with E-state index in [1.54, 1.807) is 36.6 Å². The van der Waals surface area contributed by atoms with Crippen LogP contribution in [0.5, 0.6) is 11.6 Å². The number of benzene rings is 1. The van der Waals surface area contributed by atoms with Gasteiger partial charge in [0.05, 0.1) is 49.2 Å². The van der Waals surface area contributed by atoms with Gasteiger partial charge in [-0.25, -0.2) is 14.6 Å². The van der Waals surface area contributed by atoms with Crippen LogP contribution in [-0.4, -0.2) is 103 Å². The van der Waals surface area contributed by atoms with Gasteiger partial charge in [0.15, 0.2) is 0 Å². The van der Waals surface area contributed by atoms with E-state index in [0.29, 0.717) is 47.8 Å². The topological polar surface area (TPSA) is 139 Å². The number of anilines is 2. The van der Waals surface area contributed by atoms with Gasteiger partial charge in [-0.2, -0.15) is 0 Å². The second kappa shape index (κ2) is 15.6. The second-order valence-corrected chi connectivity index (χ2v) is 13.4. The molecule has 0 radical (unpaired) electrons. The molecule has 14 nitrogen and oxygen atoms in total. The van der Waals surface area contributed by atoms with E-state index in [1.165, 1.54) is 0 Å². The third-order valence-electron chi connectivity index (χ3n) is 9.12. The first kappa shape index (κ1) is 34.0. The lowest BCUT2D eigenvalue weighted by atomic mass is 9.90. The lowest BCUT2D eigenvalue weighted by Crippen LogP contribution is -2.45. The van der Waals surface area contributed by atoms with E-state index in [-0.39, 0.29) is 11.7 Å². The van der Waals surface area contributed by atoms with Crippen molar-refractivity contribution in [1.29, 1.82) is 0 Å². The standard InChI is InChI=1S/C33H45ClN10O4/c1-23(20-43-22-37-40-41-43)48-30-17-24(5-10-28(30)34)25-18-35-32(36-19-25)38-29-21-44(39-31(29)47-14-11-33(2,3)45-4)27-8-6-26(7-9-27)42-12-15-46-16-13-42/h5,10,17-19,21-23,26-27H,6-9,11-16,20H2,1-4H3,(H,35,36,38). The highest BCUT2D eigenvalue weighted by molar-refractivity contribution is 6.32. The molecule has 1 saturated carbocycles. The van der Waals surface area contributed by atoms with E-state index in [0.717, 1.165) is 75.2 Å². The zero-order valence-electron chi connectivity index (χ0n) is 28.1. The van der Waals surface area contributed by atoms with Crippen LogP contribution in [0.2, 0.25) is 5.02 Å². The Balaban J connectivity index is 1.13. The van der Waals surface area contributed by atoms with Crippen molar-refractivity contribution < 1.29 is 18.9 Å². The van der Waals surface area contributed by atoms with Crippen LogP contribution in [0, 0.1) is 0 Å². The van der Waals surface area contributed by atoms with Gasteiger partial charge >= 0.3 is 0 Å². The van der Waals surface area contributed by atoms with Crippen molar-refractivity contribution in [1.82, 2.24) is 44.9 Å². The summed E-state index contributed by atoms with van der Waals surface area (Å²) >= 11 is 6.46. The maximum atomic E-state index is 6.46. The SMILES string of the molecule is COC(C)(C)CCOc1nn(C2CCC(N3CCOCC3)CC2)cc1Nc1ncc(-c2ccc(Cl)c(OC(C)Cn3cnnn3)c2)cn1. The summed E-state index contributed by atoms with van der Waals surface area (Å²) in [4.78, 5) is 11.8. The summed E-state index contributed by atoms with van der Waals surface area (Å²) in [5.74, 6) is 1.53. The van der Waals surface area contributed by atoms with Gasteiger partial charge in [-0.15, -0.1) is 10.2 Å². The van der Waals surface area contributed by atoms with Crippen LogP contribution in [0.4, 0.5) is 11.6 Å². The Morgan fingerprint density at radius 1 is 1.06 bits per heavy atom. The molecule has 1 atom stereocenters. The lowest BCUT2D eigenvalue weighted by molar-refractivity contribution is 0.00409. The van der Waals surface area contributed by atoms with E-state index < -0.39 is 0 Å². The average molecular weight is 681 g/mol. The summed E-state index contributed by atoms with van der Waals surface area (Å²) < 4.78 is 27.1. The van der Waals surface area contributed by atoms with Gasteiger partial charge in [0.1, 0.15) is 23.9 Å². The molecule has 2 fully saturated rings. The van der Waals surface area contributed by atoms with E-state index in [1.807, 2.05) is 39.1 Å². The Morgan fingerprint density at radius 2 is 1.81 bits per heavy atom. The van der Waals surface area contributed by atoms with Crippen molar-refractivity contribution in [2.75, 3.05) is 45.3 Å². The fourth-order valence-electron chi connectivity index (χ4n) is 6.10. The van der Waals surface area contributed by atoms with Gasteiger partial charge < -0.3 is 24.3 Å². The molecule has 1 unspecified atom stereocenters. The van der Waals surface area contributed by atoms with Crippen LogP contribution < -0.4 is 14.8 Å². The highest BCUT2D eigenvalue weighted by atomic mass is 35.5. The van der Waals surface area contributed by atoms with E-state index in [2.05, 4.69) is 40.4 Å². The number of halogens is 1. The predicted molar refractivity (Wildman–Crippen MR) is 181 cm³/mol. The van der Waals surface area contributed by atoms with Crippen molar-refractivity contribution in [2.45, 2.75) is 83.2 Å². The minimum Gasteiger partial charge on any atom is -0.487 e. The number of ether oxygens (including phenoxy) is 4. The molecule has 3 aromatic heterocycles. The smallest absolute Gasteiger partial charge is 0.256 e. The van der Waals surface area contributed by atoms with Gasteiger partial charge in [0, 0.05) is 50.6 Å². The second-order valence-electron chi connectivity index (χ2n) is 13.0. The molecule has 15 heteroatoms. The molecule has 258 valence electrons. The minimum absolute atomic E-state index is 0.207. The van der Waals surface area contributed by atoms with Crippen molar-refractivity contribution >= 4 is 23.2 Å². The van der Waals surface area contributed by atoms with Crippen LogP contribution in [-0.2, 0) is 16.0 Å². The number of tetrazole rings is 1. The zero-order valence-corrected chi connectivity index (χ0v) is 28.8. The molecule has 0 bridgehead atoms.